The minimum atomic E-state index is 0.00565. The molecule has 4 heteroatoms. The fourth-order valence-electron chi connectivity index (χ4n) is 2.76. The number of benzene rings is 2. The van der Waals surface area contributed by atoms with Crippen LogP contribution in [0.3, 0.4) is 0 Å². The topological polar surface area (TPSA) is 50.2 Å². The van der Waals surface area contributed by atoms with Crippen molar-refractivity contribution in [2.24, 2.45) is 0 Å². The van der Waals surface area contributed by atoms with Gasteiger partial charge in [0.25, 0.3) is 0 Å². The molecule has 4 nitrogen and oxygen atoms in total. The van der Waals surface area contributed by atoms with E-state index in [0.717, 1.165) is 22.3 Å². The van der Waals surface area contributed by atoms with Crippen molar-refractivity contribution >= 4 is 22.6 Å². The summed E-state index contributed by atoms with van der Waals surface area (Å²) in [5.74, 6) is 0.700. The van der Waals surface area contributed by atoms with Crippen molar-refractivity contribution < 1.29 is 4.79 Å². The van der Waals surface area contributed by atoms with Gasteiger partial charge in [-0.3, -0.25) is 9.20 Å². The lowest BCUT2D eigenvalue weighted by Crippen LogP contribution is -2.00. The average Bonchev–Trinajstić information content (AvgIpc) is 3.03. The number of carbonyl (C=O) groups is 1. The Balaban J connectivity index is 2.14. The zero-order valence-corrected chi connectivity index (χ0v) is 11.5. The number of nitrogens with one attached hydrogen (secondary N) is 1. The van der Waals surface area contributed by atoms with Crippen molar-refractivity contribution in [3.63, 3.8) is 0 Å². The summed E-state index contributed by atoms with van der Waals surface area (Å²) in [4.78, 5) is 20.1. The number of Topliss-reactive ketones (excluding diaryl/α,β-unsaturated/α-hetero) is 1. The minimum absolute atomic E-state index is 0.00565. The fourth-order valence-corrected chi connectivity index (χ4v) is 2.76. The predicted octanol–water partition coefficient (Wildman–Crippen LogP) is 3.69. The molecule has 2 aromatic carbocycles. The molecule has 102 valence electrons. The second-order valence-electron chi connectivity index (χ2n) is 5.03. The van der Waals surface area contributed by atoms with E-state index < -0.39 is 0 Å². The van der Waals surface area contributed by atoms with Crippen LogP contribution in [0.25, 0.3) is 28.1 Å². The minimum Gasteiger partial charge on any atom is -0.323 e. The van der Waals surface area contributed by atoms with E-state index in [0.29, 0.717) is 11.5 Å². The number of aromatic nitrogens is 3. The summed E-state index contributed by atoms with van der Waals surface area (Å²) in [6.45, 7) is 1.58. The SMILES string of the molecule is CC(=O)c1c(-c2ccccc2)nc2[nH]c3ccccc3n12. The molecule has 0 aliphatic carbocycles. The third-order valence-electron chi connectivity index (χ3n) is 3.65. The smallest absolute Gasteiger partial charge is 0.213 e. The maximum atomic E-state index is 12.2. The Kier molecular flexibility index (Phi) is 2.44. The van der Waals surface area contributed by atoms with Crippen molar-refractivity contribution in [1.82, 2.24) is 14.4 Å². The summed E-state index contributed by atoms with van der Waals surface area (Å²) in [6.07, 6.45) is 0. The molecule has 0 saturated heterocycles. The van der Waals surface area contributed by atoms with E-state index in [-0.39, 0.29) is 5.78 Å². The van der Waals surface area contributed by atoms with Gasteiger partial charge in [-0.05, 0) is 12.1 Å². The molecule has 0 amide bonds. The van der Waals surface area contributed by atoms with E-state index in [1.165, 1.54) is 0 Å². The zero-order chi connectivity index (χ0) is 14.4. The first-order valence-electron chi connectivity index (χ1n) is 6.81. The van der Waals surface area contributed by atoms with E-state index in [1.807, 2.05) is 59.0 Å². The van der Waals surface area contributed by atoms with Crippen LogP contribution in [0.5, 0.6) is 0 Å². The van der Waals surface area contributed by atoms with Crippen LogP contribution in [0.4, 0.5) is 0 Å². The number of para-hydroxylation sites is 2. The molecule has 0 bridgehead atoms. The number of imidazole rings is 2. The molecule has 0 radical (unpaired) electrons. The standard InChI is InChI=1S/C17H13N3O/c1-11(21)16-15(12-7-3-2-4-8-12)19-17-18-13-9-5-6-10-14(13)20(16)17/h2-10H,1H3,(H,18,19). The molecule has 0 unspecified atom stereocenters. The molecule has 1 N–H and O–H groups in total. The Hall–Kier alpha value is -2.88. The molecule has 4 rings (SSSR count). The van der Waals surface area contributed by atoms with Crippen LogP contribution in [0.1, 0.15) is 17.4 Å². The van der Waals surface area contributed by atoms with Crippen LogP contribution in [0.2, 0.25) is 0 Å². The lowest BCUT2D eigenvalue weighted by molar-refractivity contribution is 0.101. The molecular formula is C17H13N3O. The monoisotopic (exact) mass is 275 g/mol. The number of nitrogens with zero attached hydrogens (tertiary/aromatic N) is 2. The molecule has 0 spiro atoms. The normalized spacial score (nSPS) is 11.3. The lowest BCUT2D eigenvalue weighted by Gasteiger charge is -2.01. The van der Waals surface area contributed by atoms with Gasteiger partial charge in [-0.1, -0.05) is 42.5 Å². The summed E-state index contributed by atoms with van der Waals surface area (Å²) in [5.41, 5.74) is 4.23. The number of hydrogen-bond donors (Lipinski definition) is 1. The molecule has 0 aliphatic heterocycles. The van der Waals surface area contributed by atoms with Gasteiger partial charge in [0.2, 0.25) is 5.78 Å². The first kappa shape index (κ1) is 11.9. The van der Waals surface area contributed by atoms with Crippen LogP contribution in [0.15, 0.2) is 54.6 Å². The number of fused-ring (bicyclic) bond motifs is 3. The van der Waals surface area contributed by atoms with E-state index >= 15 is 0 Å². The maximum absolute atomic E-state index is 12.2. The highest BCUT2D eigenvalue weighted by Gasteiger charge is 2.20. The van der Waals surface area contributed by atoms with Crippen molar-refractivity contribution in [3.8, 4) is 11.3 Å². The molecule has 4 aromatic rings. The molecule has 21 heavy (non-hydrogen) atoms. The molecule has 0 aliphatic rings. The van der Waals surface area contributed by atoms with Crippen LogP contribution in [0, 0.1) is 0 Å². The number of rotatable bonds is 2. The third kappa shape index (κ3) is 1.69. The summed E-state index contributed by atoms with van der Waals surface area (Å²) in [5, 5.41) is 0. The number of hydrogen-bond acceptors (Lipinski definition) is 2. The van der Waals surface area contributed by atoms with E-state index in [2.05, 4.69) is 9.97 Å². The predicted molar refractivity (Wildman–Crippen MR) is 82.5 cm³/mol. The van der Waals surface area contributed by atoms with Gasteiger partial charge in [-0.2, -0.15) is 0 Å². The Morgan fingerprint density at radius 3 is 2.52 bits per heavy atom. The van der Waals surface area contributed by atoms with Crippen molar-refractivity contribution in [1.29, 1.82) is 0 Å². The van der Waals surface area contributed by atoms with Gasteiger partial charge in [0.1, 0.15) is 11.4 Å². The highest BCUT2D eigenvalue weighted by molar-refractivity contribution is 6.01. The van der Waals surface area contributed by atoms with Gasteiger partial charge < -0.3 is 4.98 Å². The average molecular weight is 275 g/mol. The van der Waals surface area contributed by atoms with E-state index in [9.17, 15) is 4.79 Å². The van der Waals surface area contributed by atoms with Gasteiger partial charge in [0, 0.05) is 12.5 Å². The van der Waals surface area contributed by atoms with Crippen LogP contribution >= 0.6 is 0 Å². The number of H-pyrrole nitrogens is 1. The largest absolute Gasteiger partial charge is 0.323 e. The van der Waals surface area contributed by atoms with Gasteiger partial charge in [-0.25, -0.2) is 4.98 Å². The van der Waals surface area contributed by atoms with Crippen LogP contribution < -0.4 is 0 Å². The third-order valence-corrected chi connectivity index (χ3v) is 3.65. The summed E-state index contributed by atoms with van der Waals surface area (Å²) >= 11 is 0. The van der Waals surface area contributed by atoms with Crippen LogP contribution in [-0.4, -0.2) is 20.2 Å². The van der Waals surface area contributed by atoms with Crippen LogP contribution in [-0.2, 0) is 0 Å². The summed E-state index contributed by atoms with van der Waals surface area (Å²) < 4.78 is 1.90. The lowest BCUT2D eigenvalue weighted by atomic mass is 10.1. The second kappa shape index (κ2) is 4.31. The van der Waals surface area contributed by atoms with E-state index in [4.69, 9.17) is 0 Å². The molecule has 0 atom stereocenters. The van der Waals surface area contributed by atoms with Gasteiger partial charge >= 0.3 is 0 Å². The number of ketones is 1. The first-order chi connectivity index (χ1) is 10.3. The summed E-state index contributed by atoms with van der Waals surface area (Å²) in [6, 6.07) is 17.7. The van der Waals surface area contributed by atoms with Crippen molar-refractivity contribution in [2.75, 3.05) is 0 Å². The quantitative estimate of drug-likeness (QED) is 0.567. The van der Waals surface area contributed by atoms with Crippen molar-refractivity contribution in [2.45, 2.75) is 6.92 Å². The fraction of sp³-hybridized carbons (Fsp3) is 0.0588. The summed E-state index contributed by atoms with van der Waals surface area (Å²) in [7, 11) is 0. The van der Waals surface area contributed by atoms with Gasteiger partial charge in [0.05, 0.1) is 11.0 Å². The first-order valence-corrected chi connectivity index (χ1v) is 6.81. The zero-order valence-electron chi connectivity index (χ0n) is 11.5. The molecule has 2 aromatic heterocycles. The molecular weight excluding hydrogens is 262 g/mol. The maximum Gasteiger partial charge on any atom is 0.213 e. The Morgan fingerprint density at radius 2 is 1.76 bits per heavy atom. The Bertz CT molecular complexity index is 964. The molecule has 0 fully saturated rings. The Labute approximate surface area is 121 Å². The number of aromatic amines is 1. The highest BCUT2D eigenvalue weighted by atomic mass is 16.1. The molecule has 0 saturated carbocycles. The van der Waals surface area contributed by atoms with Gasteiger partial charge in [0.15, 0.2) is 5.78 Å². The van der Waals surface area contributed by atoms with E-state index in [1.54, 1.807) is 6.92 Å². The number of carbonyl (C=O) groups excluding carboxylic acids is 1. The van der Waals surface area contributed by atoms with Crippen molar-refractivity contribution in [3.05, 3.63) is 60.3 Å². The van der Waals surface area contributed by atoms with Gasteiger partial charge in [-0.15, -0.1) is 0 Å². The highest BCUT2D eigenvalue weighted by Crippen LogP contribution is 2.27. The molecule has 2 heterocycles. The Morgan fingerprint density at radius 1 is 1.05 bits per heavy atom. The second-order valence-corrected chi connectivity index (χ2v) is 5.03.